The van der Waals surface area contributed by atoms with Crippen molar-refractivity contribution in [1.82, 2.24) is 19.9 Å². The largest absolute Gasteiger partial charge is 0.348 e. The number of amides is 1. The first-order valence-electron chi connectivity index (χ1n) is 8.37. The van der Waals surface area contributed by atoms with E-state index in [9.17, 15) is 9.59 Å². The number of aryl methyl sites for hydroxylation is 1. The number of thioether (sulfide) groups is 1. The summed E-state index contributed by atoms with van der Waals surface area (Å²) in [7, 11) is 1.66. The Bertz CT molecular complexity index is 953. The second kappa shape index (κ2) is 8.46. The van der Waals surface area contributed by atoms with Gasteiger partial charge in [0.1, 0.15) is 5.52 Å². The Morgan fingerprint density at radius 1 is 1.38 bits per heavy atom. The molecule has 0 saturated carbocycles. The molecule has 0 bridgehead atoms. The summed E-state index contributed by atoms with van der Waals surface area (Å²) in [5.74, 6) is 0.0524. The molecule has 0 fully saturated rings. The fourth-order valence-corrected chi connectivity index (χ4v) is 4.25. The lowest BCUT2D eigenvalue weighted by Gasteiger charge is -2.16. The third-order valence-electron chi connectivity index (χ3n) is 3.93. The Hall–Kier alpha value is -2.19. The average Bonchev–Trinajstić information content (AvgIpc) is 3.18. The molecule has 1 amide bonds. The Morgan fingerprint density at radius 3 is 2.96 bits per heavy atom. The van der Waals surface area contributed by atoms with Crippen LogP contribution in [0.5, 0.6) is 0 Å². The second-order valence-electron chi connectivity index (χ2n) is 5.84. The van der Waals surface area contributed by atoms with E-state index < -0.39 is 0 Å². The van der Waals surface area contributed by atoms with Crippen molar-refractivity contribution in [1.29, 1.82) is 0 Å². The van der Waals surface area contributed by atoms with Gasteiger partial charge >= 0.3 is 0 Å². The summed E-state index contributed by atoms with van der Waals surface area (Å²) < 4.78 is 1.47. The fraction of sp³-hybridized carbons (Fsp3) is 0.333. The Balaban J connectivity index is 1.70. The minimum Gasteiger partial charge on any atom is -0.348 e. The molecule has 3 heterocycles. The van der Waals surface area contributed by atoms with Gasteiger partial charge in [0.2, 0.25) is 5.91 Å². The topological polar surface area (TPSA) is 76.9 Å². The molecule has 136 valence electrons. The van der Waals surface area contributed by atoms with Gasteiger partial charge in [0.25, 0.3) is 5.56 Å². The summed E-state index contributed by atoms with van der Waals surface area (Å²) in [5.41, 5.74) is 0.935. The SMILES string of the molecule is CCC[C@@H](NC(=O)CSc1nc2cccnc2n(C)c1=O)c1cccs1. The number of nitrogens with one attached hydrogen (secondary N) is 1. The van der Waals surface area contributed by atoms with Crippen LogP contribution >= 0.6 is 23.1 Å². The van der Waals surface area contributed by atoms with Crippen LogP contribution in [0.25, 0.3) is 11.2 Å². The number of nitrogens with zero attached hydrogens (tertiary/aromatic N) is 3. The van der Waals surface area contributed by atoms with Crippen LogP contribution in [-0.4, -0.2) is 26.2 Å². The number of fused-ring (bicyclic) bond motifs is 1. The number of hydrogen-bond acceptors (Lipinski definition) is 6. The smallest absolute Gasteiger partial charge is 0.284 e. The van der Waals surface area contributed by atoms with E-state index in [0.717, 1.165) is 29.5 Å². The maximum Gasteiger partial charge on any atom is 0.284 e. The number of hydrogen-bond donors (Lipinski definition) is 1. The Kier molecular flexibility index (Phi) is 6.05. The van der Waals surface area contributed by atoms with Crippen LogP contribution < -0.4 is 10.9 Å². The van der Waals surface area contributed by atoms with Gasteiger partial charge in [-0.15, -0.1) is 11.3 Å². The number of thiophene rings is 1. The summed E-state index contributed by atoms with van der Waals surface area (Å²) in [6, 6.07) is 7.62. The summed E-state index contributed by atoms with van der Waals surface area (Å²) in [5, 5.41) is 5.38. The van der Waals surface area contributed by atoms with Gasteiger partial charge in [-0.3, -0.25) is 14.2 Å². The van der Waals surface area contributed by atoms with Gasteiger partial charge in [-0.2, -0.15) is 0 Å². The van der Waals surface area contributed by atoms with Gasteiger partial charge in [-0.1, -0.05) is 31.2 Å². The van der Waals surface area contributed by atoms with Crippen LogP contribution in [0.1, 0.15) is 30.7 Å². The molecule has 3 rings (SSSR count). The molecule has 26 heavy (non-hydrogen) atoms. The standard InChI is InChI=1S/C18H20N4O2S2/c1-3-6-12(14-8-5-10-25-14)20-15(23)11-26-17-18(24)22(2)16-13(21-17)7-4-9-19-16/h4-5,7-10,12H,3,6,11H2,1-2H3,(H,20,23)/t12-/m1/s1. The lowest BCUT2D eigenvalue weighted by Crippen LogP contribution is -2.30. The maximum absolute atomic E-state index is 12.4. The third-order valence-corrected chi connectivity index (χ3v) is 5.86. The van der Waals surface area contributed by atoms with E-state index in [1.54, 1.807) is 36.7 Å². The minimum absolute atomic E-state index is 0.0182. The molecule has 0 aliphatic heterocycles. The van der Waals surface area contributed by atoms with Crippen LogP contribution in [0.2, 0.25) is 0 Å². The molecule has 8 heteroatoms. The first-order valence-corrected chi connectivity index (χ1v) is 10.2. The maximum atomic E-state index is 12.4. The zero-order valence-electron chi connectivity index (χ0n) is 14.6. The first kappa shape index (κ1) is 18.6. The van der Waals surface area contributed by atoms with Crippen molar-refractivity contribution < 1.29 is 4.79 Å². The second-order valence-corrected chi connectivity index (χ2v) is 7.78. The molecule has 1 atom stereocenters. The molecule has 0 aromatic carbocycles. The van der Waals surface area contributed by atoms with E-state index >= 15 is 0 Å². The number of pyridine rings is 1. The van der Waals surface area contributed by atoms with Gasteiger partial charge in [0.15, 0.2) is 10.7 Å². The monoisotopic (exact) mass is 388 g/mol. The van der Waals surface area contributed by atoms with Crippen molar-refractivity contribution in [3.05, 3.63) is 51.1 Å². The van der Waals surface area contributed by atoms with Gasteiger partial charge in [-0.25, -0.2) is 9.97 Å². The molecule has 0 aliphatic carbocycles. The highest BCUT2D eigenvalue weighted by molar-refractivity contribution is 7.99. The van der Waals surface area contributed by atoms with Crippen molar-refractivity contribution in [2.45, 2.75) is 30.8 Å². The molecule has 3 aromatic rings. The third kappa shape index (κ3) is 4.13. The Labute approximate surface area is 159 Å². The fourth-order valence-electron chi connectivity index (χ4n) is 2.66. The minimum atomic E-state index is -0.239. The van der Waals surface area contributed by atoms with Gasteiger partial charge < -0.3 is 5.32 Å². The highest BCUT2D eigenvalue weighted by Crippen LogP contribution is 2.23. The molecular formula is C18H20N4O2S2. The normalized spacial score (nSPS) is 12.2. The molecule has 6 nitrogen and oxygen atoms in total. The van der Waals surface area contributed by atoms with Crippen molar-refractivity contribution in [3.8, 4) is 0 Å². The van der Waals surface area contributed by atoms with Gasteiger partial charge in [-0.05, 0) is 30.0 Å². The molecule has 0 saturated heterocycles. The lowest BCUT2D eigenvalue weighted by molar-refractivity contribution is -0.119. The highest BCUT2D eigenvalue weighted by Gasteiger charge is 2.16. The van der Waals surface area contributed by atoms with Crippen molar-refractivity contribution in [3.63, 3.8) is 0 Å². The van der Waals surface area contributed by atoms with Crippen molar-refractivity contribution in [2.24, 2.45) is 7.05 Å². The zero-order valence-corrected chi connectivity index (χ0v) is 16.3. The molecule has 0 radical (unpaired) electrons. The molecule has 0 unspecified atom stereocenters. The molecule has 1 N–H and O–H groups in total. The van der Waals surface area contributed by atoms with Crippen molar-refractivity contribution >= 4 is 40.2 Å². The van der Waals surface area contributed by atoms with Crippen LogP contribution in [0, 0.1) is 0 Å². The predicted molar refractivity (Wildman–Crippen MR) is 106 cm³/mol. The number of aromatic nitrogens is 3. The number of carbonyl (C=O) groups is 1. The predicted octanol–water partition coefficient (Wildman–Crippen LogP) is 3.14. The first-order chi connectivity index (χ1) is 12.6. The van der Waals surface area contributed by atoms with E-state index in [-0.39, 0.29) is 23.3 Å². The van der Waals surface area contributed by atoms with Gasteiger partial charge in [0.05, 0.1) is 11.8 Å². The van der Waals surface area contributed by atoms with E-state index in [0.29, 0.717) is 16.2 Å². The Morgan fingerprint density at radius 2 is 2.23 bits per heavy atom. The van der Waals surface area contributed by atoms with E-state index in [2.05, 4.69) is 22.2 Å². The summed E-state index contributed by atoms with van der Waals surface area (Å²) >= 11 is 2.80. The quantitative estimate of drug-likeness (QED) is 0.629. The number of rotatable bonds is 7. The molecular weight excluding hydrogens is 368 g/mol. The van der Waals surface area contributed by atoms with Crippen LogP contribution in [-0.2, 0) is 11.8 Å². The lowest BCUT2D eigenvalue weighted by atomic mass is 10.1. The van der Waals surface area contributed by atoms with E-state index in [4.69, 9.17) is 0 Å². The molecule has 0 aliphatic rings. The molecule has 0 spiro atoms. The van der Waals surface area contributed by atoms with Crippen LogP contribution in [0.3, 0.4) is 0 Å². The summed E-state index contributed by atoms with van der Waals surface area (Å²) in [6.07, 6.45) is 3.50. The van der Waals surface area contributed by atoms with Crippen molar-refractivity contribution in [2.75, 3.05) is 5.75 Å². The number of carbonyl (C=O) groups excluding carboxylic acids is 1. The van der Waals surface area contributed by atoms with E-state index in [1.807, 2.05) is 17.5 Å². The van der Waals surface area contributed by atoms with E-state index in [1.165, 1.54) is 4.57 Å². The summed E-state index contributed by atoms with van der Waals surface area (Å²) in [4.78, 5) is 34.5. The van der Waals surface area contributed by atoms with Crippen LogP contribution in [0.15, 0.2) is 45.7 Å². The van der Waals surface area contributed by atoms with Crippen LogP contribution in [0.4, 0.5) is 0 Å². The average molecular weight is 389 g/mol. The molecule has 3 aromatic heterocycles. The summed E-state index contributed by atoms with van der Waals surface area (Å²) in [6.45, 7) is 2.10. The zero-order chi connectivity index (χ0) is 18.5. The van der Waals surface area contributed by atoms with Gasteiger partial charge in [0, 0.05) is 18.1 Å². The highest BCUT2D eigenvalue weighted by atomic mass is 32.2.